The van der Waals surface area contributed by atoms with Crippen LogP contribution in [0.25, 0.3) is 0 Å². The predicted octanol–water partition coefficient (Wildman–Crippen LogP) is 2.00. The van der Waals surface area contributed by atoms with Crippen molar-refractivity contribution in [3.05, 3.63) is 0 Å². The molecule has 1 saturated carbocycles. The van der Waals surface area contributed by atoms with Gasteiger partial charge in [-0.05, 0) is 33.6 Å². The minimum Gasteiger partial charge on any atom is -0.309 e. The molecule has 1 N–H and O–H groups in total. The minimum absolute atomic E-state index is 0.315. The first-order chi connectivity index (χ1) is 6.58. The van der Waals surface area contributed by atoms with Crippen LogP contribution in [0.15, 0.2) is 0 Å². The lowest BCUT2D eigenvalue weighted by Gasteiger charge is -2.46. The molecule has 2 aliphatic rings. The fourth-order valence-corrected chi connectivity index (χ4v) is 2.93. The van der Waals surface area contributed by atoms with Crippen LogP contribution in [0.3, 0.4) is 0 Å². The Balaban J connectivity index is 2.00. The van der Waals surface area contributed by atoms with Crippen LogP contribution in [-0.2, 0) is 0 Å². The smallest absolute Gasteiger partial charge is 0.0253 e. The minimum atomic E-state index is 0.315. The molecule has 0 aromatic carbocycles. The Morgan fingerprint density at radius 3 is 2.50 bits per heavy atom. The van der Waals surface area contributed by atoms with Gasteiger partial charge in [-0.25, -0.2) is 0 Å². The molecule has 0 aromatic rings. The fraction of sp³-hybridized carbons (Fsp3) is 1.00. The van der Waals surface area contributed by atoms with Gasteiger partial charge in [-0.3, -0.25) is 4.90 Å². The number of hydrogen-bond acceptors (Lipinski definition) is 2. The van der Waals surface area contributed by atoms with Gasteiger partial charge in [0, 0.05) is 30.7 Å². The maximum Gasteiger partial charge on any atom is 0.0253 e. The van der Waals surface area contributed by atoms with E-state index in [2.05, 4.69) is 31.0 Å². The summed E-state index contributed by atoms with van der Waals surface area (Å²) in [7, 11) is 0. The molecule has 1 atom stereocenters. The van der Waals surface area contributed by atoms with Crippen molar-refractivity contribution in [3.63, 3.8) is 0 Å². The Kier molecular flexibility index (Phi) is 2.85. The average molecular weight is 196 g/mol. The Bertz CT molecular complexity index is 194. The number of hydrogen-bond donors (Lipinski definition) is 1. The average Bonchev–Trinajstić information content (AvgIpc) is 2.62. The second kappa shape index (κ2) is 3.82. The molecule has 1 heterocycles. The van der Waals surface area contributed by atoms with E-state index in [4.69, 9.17) is 0 Å². The monoisotopic (exact) mass is 196 g/mol. The summed E-state index contributed by atoms with van der Waals surface area (Å²) >= 11 is 0. The summed E-state index contributed by atoms with van der Waals surface area (Å²) < 4.78 is 0. The second-order valence-corrected chi connectivity index (χ2v) is 5.72. The van der Waals surface area contributed by atoms with E-state index in [1.54, 1.807) is 0 Å². The molecular formula is C12H24N2. The van der Waals surface area contributed by atoms with Gasteiger partial charge in [0.05, 0.1) is 0 Å². The summed E-state index contributed by atoms with van der Waals surface area (Å²) in [5.41, 5.74) is 0.315. The molecule has 0 aromatic heterocycles. The van der Waals surface area contributed by atoms with E-state index in [1.807, 2.05) is 0 Å². The highest BCUT2D eigenvalue weighted by molar-refractivity contribution is 4.94. The van der Waals surface area contributed by atoms with Crippen molar-refractivity contribution < 1.29 is 0 Å². The third-order valence-corrected chi connectivity index (χ3v) is 3.81. The highest BCUT2D eigenvalue weighted by Gasteiger charge is 2.35. The molecule has 0 amide bonds. The van der Waals surface area contributed by atoms with Gasteiger partial charge in [0.25, 0.3) is 0 Å². The highest BCUT2D eigenvalue weighted by atomic mass is 15.3. The van der Waals surface area contributed by atoms with Crippen LogP contribution in [-0.4, -0.2) is 35.6 Å². The van der Waals surface area contributed by atoms with E-state index >= 15 is 0 Å². The Labute approximate surface area is 88.1 Å². The third-order valence-electron chi connectivity index (χ3n) is 3.81. The standard InChI is InChI=1S/C12H24N2/c1-10-8-13-12(2,3)9-14(10)11-6-4-5-7-11/h10-11,13H,4-9H2,1-3H3. The predicted molar refractivity (Wildman–Crippen MR) is 60.5 cm³/mol. The van der Waals surface area contributed by atoms with Crippen LogP contribution in [0, 0.1) is 0 Å². The maximum absolute atomic E-state index is 3.62. The summed E-state index contributed by atoms with van der Waals surface area (Å²) in [5, 5.41) is 3.62. The molecule has 2 heteroatoms. The van der Waals surface area contributed by atoms with Crippen LogP contribution < -0.4 is 5.32 Å². The van der Waals surface area contributed by atoms with Crippen molar-refractivity contribution in [3.8, 4) is 0 Å². The molecule has 14 heavy (non-hydrogen) atoms. The highest BCUT2D eigenvalue weighted by Crippen LogP contribution is 2.28. The van der Waals surface area contributed by atoms with Crippen LogP contribution in [0.4, 0.5) is 0 Å². The van der Waals surface area contributed by atoms with Crippen molar-refractivity contribution in [2.75, 3.05) is 13.1 Å². The number of nitrogens with one attached hydrogen (secondary N) is 1. The van der Waals surface area contributed by atoms with E-state index in [0.29, 0.717) is 5.54 Å². The van der Waals surface area contributed by atoms with Gasteiger partial charge in [-0.2, -0.15) is 0 Å². The van der Waals surface area contributed by atoms with Gasteiger partial charge in [0.1, 0.15) is 0 Å². The van der Waals surface area contributed by atoms with Crippen LogP contribution in [0.1, 0.15) is 46.5 Å². The van der Waals surface area contributed by atoms with Gasteiger partial charge in [0.15, 0.2) is 0 Å². The van der Waals surface area contributed by atoms with Gasteiger partial charge in [0.2, 0.25) is 0 Å². The molecule has 0 radical (unpaired) electrons. The molecule has 1 saturated heterocycles. The first kappa shape index (κ1) is 10.4. The van der Waals surface area contributed by atoms with E-state index in [0.717, 1.165) is 18.6 Å². The zero-order valence-corrected chi connectivity index (χ0v) is 9.84. The molecule has 2 rings (SSSR count). The topological polar surface area (TPSA) is 15.3 Å². The van der Waals surface area contributed by atoms with Crippen molar-refractivity contribution >= 4 is 0 Å². The lowest BCUT2D eigenvalue weighted by molar-refractivity contribution is 0.0647. The summed E-state index contributed by atoms with van der Waals surface area (Å²) in [4.78, 5) is 2.74. The SMILES string of the molecule is CC1CNC(C)(C)CN1C1CCCC1. The zero-order valence-electron chi connectivity index (χ0n) is 9.84. The third kappa shape index (κ3) is 2.12. The first-order valence-electron chi connectivity index (χ1n) is 6.09. The van der Waals surface area contributed by atoms with Crippen LogP contribution >= 0.6 is 0 Å². The van der Waals surface area contributed by atoms with Crippen molar-refractivity contribution in [2.45, 2.75) is 64.1 Å². The van der Waals surface area contributed by atoms with E-state index in [-0.39, 0.29) is 0 Å². The quantitative estimate of drug-likeness (QED) is 0.690. The van der Waals surface area contributed by atoms with Gasteiger partial charge >= 0.3 is 0 Å². The largest absolute Gasteiger partial charge is 0.309 e. The Morgan fingerprint density at radius 1 is 1.21 bits per heavy atom. The molecule has 1 aliphatic carbocycles. The van der Waals surface area contributed by atoms with E-state index in [9.17, 15) is 0 Å². The molecule has 0 bridgehead atoms. The van der Waals surface area contributed by atoms with Crippen LogP contribution in [0.2, 0.25) is 0 Å². The van der Waals surface area contributed by atoms with Crippen molar-refractivity contribution in [1.82, 2.24) is 10.2 Å². The summed E-state index contributed by atoms with van der Waals surface area (Å²) in [6.07, 6.45) is 5.75. The molecule has 2 fully saturated rings. The number of rotatable bonds is 1. The Morgan fingerprint density at radius 2 is 1.86 bits per heavy atom. The Hall–Kier alpha value is -0.0800. The molecule has 82 valence electrons. The van der Waals surface area contributed by atoms with Gasteiger partial charge in [-0.15, -0.1) is 0 Å². The summed E-state index contributed by atoms with van der Waals surface area (Å²) in [5.74, 6) is 0. The first-order valence-corrected chi connectivity index (χ1v) is 6.09. The lowest BCUT2D eigenvalue weighted by atomic mass is 9.97. The van der Waals surface area contributed by atoms with Gasteiger partial charge in [-0.1, -0.05) is 12.8 Å². The van der Waals surface area contributed by atoms with E-state index < -0.39 is 0 Å². The molecular weight excluding hydrogens is 172 g/mol. The fourth-order valence-electron chi connectivity index (χ4n) is 2.93. The zero-order chi connectivity index (χ0) is 10.2. The van der Waals surface area contributed by atoms with Crippen LogP contribution in [0.5, 0.6) is 0 Å². The van der Waals surface area contributed by atoms with Gasteiger partial charge < -0.3 is 5.32 Å². The molecule has 1 aliphatic heterocycles. The summed E-state index contributed by atoms with van der Waals surface area (Å²) in [6, 6.07) is 1.61. The molecule has 0 spiro atoms. The molecule has 1 unspecified atom stereocenters. The summed E-state index contributed by atoms with van der Waals surface area (Å²) in [6.45, 7) is 9.38. The van der Waals surface area contributed by atoms with E-state index in [1.165, 1.54) is 32.2 Å². The number of piperazine rings is 1. The normalized spacial score (nSPS) is 34.9. The maximum atomic E-state index is 3.62. The van der Waals surface area contributed by atoms with Crippen molar-refractivity contribution in [2.24, 2.45) is 0 Å². The lowest BCUT2D eigenvalue weighted by Crippen LogP contribution is -2.62. The number of nitrogens with zero attached hydrogens (tertiary/aromatic N) is 1. The van der Waals surface area contributed by atoms with Crippen molar-refractivity contribution in [1.29, 1.82) is 0 Å². The molecule has 2 nitrogen and oxygen atoms in total. The second-order valence-electron chi connectivity index (χ2n) is 5.72.